The Kier molecular flexibility index (Phi) is 5.66. The van der Waals surface area contributed by atoms with E-state index in [2.05, 4.69) is 15.5 Å². The van der Waals surface area contributed by atoms with E-state index < -0.39 is 0 Å². The van der Waals surface area contributed by atoms with E-state index in [0.717, 1.165) is 11.3 Å². The fourth-order valence-corrected chi connectivity index (χ4v) is 2.82. The molecule has 0 aliphatic rings. The number of aromatic nitrogens is 3. The number of H-pyrrole nitrogens is 1. The van der Waals surface area contributed by atoms with E-state index in [9.17, 15) is 9.18 Å². The molecular formula is C19H19FN4O2S. The third-order valence-corrected chi connectivity index (χ3v) is 4.44. The molecule has 3 aromatic rings. The van der Waals surface area contributed by atoms with Gasteiger partial charge in [-0.05, 0) is 61.1 Å². The molecule has 0 saturated heterocycles. The molecule has 1 aromatic heterocycles. The van der Waals surface area contributed by atoms with Crippen molar-refractivity contribution < 1.29 is 13.9 Å². The Labute approximate surface area is 161 Å². The van der Waals surface area contributed by atoms with E-state index in [1.807, 2.05) is 24.3 Å². The first-order chi connectivity index (χ1) is 13.0. The fourth-order valence-electron chi connectivity index (χ4n) is 2.59. The van der Waals surface area contributed by atoms with Crippen LogP contribution in [0, 0.1) is 17.5 Å². The molecule has 27 heavy (non-hydrogen) atoms. The molecule has 0 fully saturated rings. The summed E-state index contributed by atoms with van der Waals surface area (Å²) < 4.78 is 20.9. The topological polar surface area (TPSA) is 71.9 Å². The minimum atomic E-state index is -0.355. The van der Waals surface area contributed by atoms with Crippen LogP contribution in [0.25, 0.3) is 11.4 Å². The minimum absolute atomic E-state index is 0.173. The van der Waals surface area contributed by atoms with Crippen LogP contribution in [0.15, 0.2) is 42.5 Å². The van der Waals surface area contributed by atoms with Crippen molar-refractivity contribution in [3.8, 4) is 17.1 Å². The summed E-state index contributed by atoms with van der Waals surface area (Å²) in [4.78, 5) is 12.2. The van der Waals surface area contributed by atoms with E-state index >= 15 is 0 Å². The standard InChI is InChI=1S/C19H19FN4O2S/c1-12-3-6-14(11-16(12)20)21-17(25)9-10-24-18(22-23-19(24)27)13-4-7-15(26-2)8-5-13/h3-8,11H,9-10H2,1-2H3,(H,21,25)(H,23,27). The highest BCUT2D eigenvalue weighted by atomic mass is 32.1. The van der Waals surface area contributed by atoms with Crippen LogP contribution in [0.4, 0.5) is 10.1 Å². The minimum Gasteiger partial charge on any atom is -0.497 e. The second-order valence-corrected chi connectivity index (χ2v) is 6.38. The lowest BCUT2D eigenvalue weighted by Gasteiger charge is -2.09. The van der Waals surface area contributed by atoms with Crippen molar-refractivity contribution in [3.05, 3.63) is 58.6 Å². The highest BCUT2D eigenvalue weighted by Crippen LogP contribution is 2.21. The number of halogens is 1. The van der Waals surface area contributed by atoms with Crippen LogP contribution in [0.3, 0.4) is 0 Å². The molecule has 1 amide bonds. The number of benzene rings is 2. The first-order valence-corrected chi connectivity index (χ1v) is 8.74. The maximum Gasteiger partial charge on any atom is 0.226 e. The van der Waals surface area contributed by atoms with Crippen LogP contribution < -0.4 is 10.1 Å². The molecule has 0 bridgehead atoms. The molecule has 3 rings (SSSR count). The van der Waals surface area contributed by atoms with Gasteiger partial charge >= 0.3 is 0 Å². The molecular weight excluding hydrogens is 367 g/mol. The number of amides is 1. The first-order valence-electron chi connectivity index (χ1n) is 8.33. The SMILES string of the molecule is COc1ccc(-c2n[nH]c(=S)n2CCC(=O)Nc2ccc(C)c(F)c2)cc1. The second kappa shape index (κ2) is 8.13. The molecule has 0 spiro atoms. The quantitative estimate of drug-likeness (QED) is 0.626. The van der Waals surface area contributed by atoms with Gasteiger partial charge < -0.3 is 10.1 Å². The number of anilines is 1. The van der Waals surface area contributed by atoms with Crippen molar-refractivity contribution >= 4 is 23.8 Å². The molecule has 6 nitrogen and oxygen atoms in total. The van der Waals surface area contributed by atoms with Crippen LogP contribution in [0.5, 0.6) is 5.75 Å². The summed E-state index contributed by atoms with van der Waals surface area (Å²) in [5, 5.41) is 9.70. The summed E-state index contributed by atoms with van der Waals surface area (Å²) in [6, 6.07) is 12.0. The zero-order chi connectivity index (χ0) is 19.4. The monoisotopic (exact) mass is 386 g/mol. The Balaban J connectivity index is 1.70. The smallest absolute Gasteiger partial charge is 0.226 e. The number of nitrogens with one attached hydrogen (secondary N) is 2. The number of hydrogen-bond donors (Lipinski definition) is 2. The van der Waals surface area contributed by atoms with Gasteiger partial charge in [0.05, 0.1) is 7.11 Å². The van der Waals surface area contributed by atoms with Crippen LogP contribution in [0.1, 0.15) is 12.0 Å². The van der Waals surface area contributed by atoms with Gasteiger partial charge in [0.25, 0.3) is 0 Å². The summed E-state index contributed by atoms with van der Waals surface area (Å²) >= 11 is 5.27. The zero-order valence-electron chi connectivity index (χ0n) is 15.0. The van der Waals surface area contributed by atoms with Crippen molar-refractivity contribution in [2.24, 2.45) is 0 Å². The van der Waals surface area contributed by atoms with Gasteiger partial charge in [-0.3, -0.25) is 14.5 Å². The average Bonchev–Trinajstić information content (AvgIpc) is 3.03. The normalized spacial score (nSPS) is 10.6. The molecule has 2 N–H and O–H groups in total. The molecule has 0 unspecified atom stereocenters. The molecule has 0 atom stereocenters. The van der Waals surface area contributed by atoms with E-state index in [4.69, 9.17) is 17.0 Å². The molecule has 0 aliphatic carbocycles. The largest absolute Gasteiger partial charge is 0.497 e. The van der Waals surface area contributed by atoms with Gasteiger partial charge in [0.1, 0.15) is 11.6 Å². The lowest BCUT2D eigenvalue weighted by atomic mass is 10.2. The molecule has 140 valence electrons. The lowest BCUT2D eigenvalue weighted by molar-refractivity contribution is -0.116. The highest BCUT2D eigenvalue weighted by Gasteiger charge is 2.11. The third kappa shape index (κ3) is 4.40. The van der Waals surface area contributed by atoms with Gasteiger partial charge in [0.15, 0.2) is 10.6 Å². The lowest BCUT2D eigenvalue weighted by Crippen LogP contribution is -2.15. The number of rotatable bonds is 6. The maximum atomic E-state index is 13.6. The van der Waals surface area contributed by atoms with Crippen molar-refractivity contribution in [1.82, 2.24) is 14.8 Å². The number of carbonyl (C=O) groups is 1. The Hall–Kier alpha value is -3.00. The highest BCUT2D eigenvalue weighted by molar-refractivity contribution is 7.71. The number of carbonyl (C=O) groups excluding carboxylic acids is 1. The maximum absolute atomic E-state index is 13.6. The summed E-state index contributed by atoms with van der Waals surface area (Å²) in [6.45, 7) is 2.01. The first kappa shape index (κ1) is 18.8. The summed E-state index contributed by atoms with van der Waals surface area (Å²) in [7, 11) is 1.60. The predicted octanol–water partition coefficient (Wildman–Crippen LogP) is 4.09. The number of ether oxygens (including phenoxy) is 1. The van der Waals surface area contributed by atoms with Crippen LogP contribution in [0.2, 0.25) is 0 Å². The number of aryl methyl sites for hydroxylation is 1. The van der Waals surface area contributed by atoms with Crippen molar-refractivity contribution in [2.45, 2.75) is 19.9 Å². The number of hydrogen-bond acceptors (Lipinski definition) is 4. The predicted molar refractivity (Wildman–Crippen MR) is 104 cm³/mol. The average molecular weight is 386 g/mol. The Morgan fingerprint density at radius 3 is 2.70 bits per heavy atom. The number of nitrogens with zero attached hydrogens (tertiary/aromatic N) is 2. The van der Waals surface area contributed by atoms with Crippen LogP contribution >= 0.6 is 12.2 Å². The Bertz CT molecular complexity index is 1010. The zero-order valence-corrected chi connectivity index (χ0v) is 15.8. The fraction of sp³-hybridized carbons (Fsp3) is 0.211. The summed E-state index contributed by atoms with van der Waals surface area (Å²) in [6.07, 6.45) is 0.173. The van der Waals surface area contributed by atoms with E-state index in [-0.39, 0.29) is 18.1 Å². The van der Waals surface area contributed by atoms with Crippen LogP contribution in [-0.4, -0.2) is 27.8 Å². The van der Waals surface area contributed by atoms with Gasteiger partial charge in [-0.15, -0.1) is 0 Å². The Morgan fingerprint density at radius 2 is 2.04 bits per heavy atom. The molecule has 8 heteroatoms. The van der Waals surface area contributed by atoms with Crippen molar-refractivity contribution in [3.63, 3.8) is 0 Å². The Morgan fingerprint density at radius 1 is 1.30 bits per heavy atom. The van der Waals surface area contributed by atoms with Gasteiger partial charge in [-0.2, -0.15) is 5.10 Å². The van der Waals surface area contributed by atoms with Crippen molar-refractivity contribution in [1.29, 1.82) is 0 Å². The molecule has 0 saturated carbocycles. The van der Waals surface area contributed by atoms with E-state index in [0.29, 0.717) is 28.4 Å². The second-order valence-electron chi connectivity index (χ2n) is 5.99. The van der Waals surface area contributed by atoms with E-state index in [1.165, 1.54) is 6.07 Å². The van der Waals surface area contributed by atoms with E-state index in [1.54, 1.807) is 30.7 Å². The van der Waals surface area contributed by atoms with Gasteiger partial charge in [-0.1, -0.05) is 6.07 Å². The van der Waals surface area contributed by atoms with Gasteiger partial charge in [0.2, 0.25) is 5.91 Å². The molecule has 1 heterocycles. The summed E-state index contributed by atoms with van der Waals surface area (Å²) in [5.41, 5.74) is 1.81. The van der Waals surface area contributed by atoms with Crippen LogP contribution in [-0.2, 0) is 11.3 Å². The van der Waals surface area contributed by atoms with Crippen molar-refractivity contribution in [2.75, 3.05) is 12.4 Å². The number of methoxy groups -OCH3 is 1. The number of aromatic amines is 1. The third-order valence-electron chi connectivity index (χ3n) is 4.12. The van der Waals surface area contributed by atoms with Gasteiger partial charge in [-0.25, -0.2) is 4.39 Å². The summed E-state index contributed by atoms with van der Waals surface area (Å²) in [5.74, 6) is 0.787. The molecule has 0 aliphatic heterocycles. The molecule has 2 aromatic carbocycles. The molecule has 0 radical (unpaired) electrons. The van der Waals surface area contributed by atoms with Gasteiger partial charge in [0, 0.05) is 24.2 Å².